The van der Waals surface area contributed by atoms with E-state index in [2.05, 4.69) is 4.98 Å². The molecule has 19 heavy (non-hydrogen) atoms. The van der Waals surface area contributed by atoms with Crippen LogP contribution in [0.3, 0.4) is 0 Å². The molecule has 0 spiro atoms. The van der Waals surface area contributed by atoms with Crippen LogP contribution in [-0.4, -0.2) is 45.8 Å². The Kier molecular flexibility index (Phi) is 4.19. The maximum absolute atomic E-state index is 10.5. The van der Waals surface area contributed by atoms with Crippen molar-refractivity contribution in [3.8, 4) is 0 Å². The number of carboxylic acid groups (broad SMARTS) is 1. The Morgan fingerprint density at radius 2 is 2.16 bits per heavy atom. The van der Waals surface area contributed by atoms with E-state index in [9.17, 15) is 9.90 Å². The van der Waals surface area contributed by atoms with Gasteiger partial charge >= 0.3 is 5.97 Å². The zero-order valence-electron chi connectivity index (χ0n) is 10.8. The summed E-state index contributed by atoms with van der Waals surface area (Å²) in [7, 11) is 1.87. The highest BCUT2D eigenvalue weighted by molar-refractivity contribution is 5.82. The van der Waals surface area contributed by atoms with E-state index in [4.69, 9.17) is 5.11 Å². The number of rotatable bonds is 6. The zero-order chi connectivity index (χ0) is 13.8. The second-order valence-corrected chi connectivity index (χ2v) is 4.81. The molecule has 0 radical (unpaired) electrons. The van der Waals surface area contributed by atoms with E-state index in [1.54, 1.807) is 0 Å². The van der Waals surface area contributed by atoms with Crippen LogP contribution in [0.5, 0.6) is 0 Å². The Hall–Kier alpha value is -1.85. The smallest absolute Gasteiger partial charge is 0.306 e. The van der Waals surface area contributed by atoms with Gasteiger partial charge in [-0.1, -0.05) is 18.2 Å². The number of hydrogen-bond donors (Lipinski definition) is 3. The minimum Gasteiger partial charge on any atom is -0.481 e. The topological polar surface area (TPSA) is 76.6 Å². The van der Waals surface area contributed by atoms with Gasteiger partial charge in [-0.05, 0) is 18.7 Å². The number of aliphatic hydroxyl groups excluding tert-OH is 1. The number of nitrogens with one attached hydrogen (secondary N) is 1. The largest absolute Gasteiger partial charge is 0.481 e. The van der Waals surface area contributed by atoms with Crippen molar-refractivity contribution in [1.29, 1.82) is 0 Å². The van der Waals surface area contributed by atoms with E-state index in [-0.39, 0.29) is 6.42 Å². The first-order chi connectivity index (χ1) is 9.06. The van der Waals surface area contributed by atoms with Crippen LogP contribution < -0.4 is 0 Å². The molecule has 0 aliphatic carbocycles. The van der Waals surface area contributed by atoms with Crippen molar-refractivity contribution in [2.24, 2.45) is 0 Å². The first-order valence-electron chi connectivity index (χ1n) is 6.19. The lowest BCUT2D eigenvalue weighted by atomic mass is 10.1. The zero-order valence-corrected chi connectivity index (χ0v) is 10.8. The highest BCUT2D eigenvalue weighted by Gasteiger charge is 2.13. The van der Waals surface area contributed by atoms with Crippen LogP contribution >= 0.6 is 0 Å². The highest BCUT2D eigenvalue weighted by Crippen LogP contribution is 2.18. The molecule has 5 heteroatoms. The molecule has 1 aromatic carbocycles. The summed E-state index contributed by atoms with van der Waals surface area (Å²) in [5, 5.41) is 19.4. The lowest BCUT2D eigenvalue weighted by Crippen LogP contribution is -2.30. The van der Waals surface area contributed by atoms with Crippen molar-refractivity contribution in [3.05, 3.63) is 36.0 Å². The van der Waals surface area contributed by atoms with Gasteiger partial charge in [0, 0.05) is 30.2 Å². The summed E-state index contributed by atoms with van der Waals surface area (Å²) >= 11 is 0. The van der Waals surface area contributed by atoms with Crippen LogP contribution in [0, 0.1) is 0 Å². The van der Waals surface area contributed by atoms with Crippen molar-refractivity contribution in [1.82, 2.24) is 9.88 Å². The number of carboxylic acids is 1. The van der Waals surface area contributed by atoms with E-state index in [0.29, 0.717) is 13.1 Å². The third kappa shape index (κ3) is 3.56. The molecule has 1 heterocycles. The van der Waals surface area contributed by atoms with Gasteiger partial charge in [0.1, 0.15) is 0 Å². The quantitative estimate of drug-likeness (QED) is 0.736. The number of carbonyl (C=O) groups is 1. The molecule has 2 aromatic rings. The van der Waals surface area contributed by atoms with E-state index < -0.39 is 12.1 Å². The highest BCUT2D eigenvalue weighted by atomic mass is 16.4. The van der Waals surface area contributed by atoms with E-state index >= 15 is 0 Å². The fourth-order valence-electron chi connectivity index (χ4n) is 2.24. The van der Waals surface area contributed by atoms with E-state index in [1.165, 1.54) is 0 Å². The Labute approximate surface area is 111 Å². The van der Waals surface area contributed by atoms with E-state index in [0.717, 1.165) is 16.5 Å². The minimum absolute atomic E-state index is 0.224. The minimum atomic E-state index is -0.979. The molecule has 1 atom stereocenters. The Bertz CT molecular complexity index is 565. The van der Waals surface area contributed by atoms with Crippen LogP contribution in [0.25, 0.3) is 10.9 Å². The van der Waals surface area contributed by atoms with Gasteiger partial charge in [0.05, 0.1) is 12.5 Å². The Morgan fingerprint density at radius 3 is 2.89 bits per heavy atom. The van der Waals surface area contributed by atoms with Crippen LogP contribution in [0.15, 0.2) is 30.5 Å². The number of aliphatic hydroxyl groups is 1. The average molecular weight is 262 g/mol. The van der Waals surface area contributed by atoms with Gasteiger partial charge in [-0.2, -0.15) is 0 Å². The van der Waals surface area contributed by atoms with Gasteiger partial charge in [-0.25, -0.2) is 0 Å². The molecule has 0 saturated carbocycles. The number of hydrogen-bond acceptors (Lipinski definition) is 3. The fraction of sp³-hybridized carbons (Fsp3) is 0.357. The second-order valence-electron chi connectivity index (χ2n) is 4.81. The number of likely N-dealkylation sites (N-methyl/N-ethyl adjacent to an activating group) is 1. The molecular weight excluding hydrogens is 244 g/mol. The molecule has 3 N–H and O–H groups in total. The van der Waals surface area contributed by atoms with Crippen LogP contribution in [0.1, 0.15) is 12.0 Å². The predicted octanol–water partition coefficient (Wildman–Crippen LogP) is 1.44. The summed E-state index contributed by atoms with van der Waals surface area (Å²) in [6.07, 6.45) is 0.885. The molecular formula is C14H18N2O3. The van der Waals surface area contributed by atoms with Gasteiger partial charge < -0.3 is 15.2 Å². The molecule has 1 unspecified atom stereocenters. The molecule has 1 aromatic heterocycles. The summed E-state index contributed by atoms with van der Waals surface area (Å²) < 4.78 is 0. The second kappa shape index (κ2) is 5.86. The van der Waals surface area contributed by atoms with Gasteiger partial charge in [0.2, 0.25) is 0 Å². The number of para-hydroxylation sites is 1. The molecule has 0 saturated heterocycles. The van der Waals surface area contributed by atoms with E-state index in [1.807, 2.05) is 42.4 Å². The molecule has 102 valence electrons. The van der Waals surface area contributed by atoms with Crippen molar-refractivity contribution in [2.45, 2.75) is 19.1 Å². The lowest BCUT2D eigenvalue weighted by Gasteiger charge is -2.19. The number of aliphatic carboxylic acids is 1. The summed E-state index contributed by atoms with van der Waals surface area (Å²) in [4.78, 5) is 15.6. The predicted molar refractivity (Wildman–Crippen MR) is 72.9 cm³/mol. The average Bonchev–Trinajstić information content (AvgIpc) is 2.71. The summed E-state index contributed by atoms with van der Waals surface area (Å²) in [6.45, 7) is 1.01. The molecule has 0 fully saturated rings. The first-order valence-corrected chi connectivity index (χ1v) is 6.19. The summed E-state index contributed by atoms with van der Waals surface area (Å²) in [6, 6.07) is 8.02. The van der Waals surface area contributed by atoms with Gasteiger partial charge in [-0.3, -0.25) is 9.69 Å². The Morgan fingerprint density at radius 1 is 1.42 bits per heavy atom. The van der Waals surface area contributed by atoms with Crippen LogP contribution in [-0.2, 0) is 11.3 Å². The van der Waals surface area contributed by atoms with Gasteiger partial charge in [0.25, 0.3) is 0 Å². The van der Waals surface area contributed by atoms with Crippen molar-refractivity contribution >= 4 is 16.9 Å². The lowest BCUT2D eigenvalue weighted by molar-refractivity contribution is -0.139. The third-order valence-corrected chi connectivity index (χ3v) is 3.05. The number of benzene rings is 1. The van der Waals surface area contributed by atoms with Gasteiger partial charge in [-0.15, -0.1) is 0 Å². The fourth-order valence-corrected chi connectivity index (χ4v) is 2.24. The molecule has 0 bridgehead atoms. The molecule has 2 rings (SSSR count). The number of aromatic amines is 1. The number of H-pyrrole nitrogens is 1. The normalized spacial score (nSPS) is 13.0. The molecule has 0 amide bonds. The van der Waals surface area contributed by atoms with Crippen LogP contribution in [0.4, 0.5) is 0 Å². The maximum Gasteiger partial charge on any atom is 0.306 e. The summed E-state index contributed by atoms with van der Waals surface area (Å²) in [5.74, 6) is -0.979. The van der Waals surface area contributed by atoms with Crippen molar-refractivity contribution in [3.63, 3.8) is 0 Å². The molecule has 0 aliphatic rings. The maximum atomic E-state index is 10.5. The molecule has 5 nitrogen and oxygen atoms in total. The van der Waals surface area contributed by atoms with Crippen LogP contribution in [0.2, 0.25) is 0 Å². The number of nitrogens with zero attached hydrogens (tertiary/aromatic N) is 1. The third-order valence-electron chi connectivity index (χ3n) is 3.05. The number of aromatic nitrogens is 1. The SMILES string of the molecule is CN(Cc1c[nH]c2ccccc12)CC(O)CC(=O)O. The standard InChI is InChI=1S/C14H18N2O3/c1-16(9-11(17)6-14(18)19)8-10-7-15-13-5-3-2-4-12(10)13/h2-5,7,11,15,17H,6,8-9H2,1H3,(H,18,19). The van der Waals surface area contributed by atoms with Crippen molar-refractivity contribution < 1.29 is 15.0 Å². The monoisotopic (exact) mass is 262 g/mol. The Balaban J connectivity index is 1.99. The summed E-state index contributed by atoms with van der Waals surface area (Å²) in [5.41, 5.74) is 2.22. The number of fused-ring (bicyclic) bond motifs is 1. The van der Waals surface area contributed by atoms with Crippen molar-refractivity contribution in [2.75, 3.05) is 13.6 Å². The van der Waals surface area contributed by atoms with Gasteiger partial charge in [0.15, 0.2) is 0 Å². The first kappa shape index (κ1) is 13.6. The molecule has 0 aliphatic heterocycles.